The molecule has 1 aromatic heterocycles. The van der Waals surface area contributed by atoms with Gasteiger partial charge in [-0.2, -0.15) is 13.2 Å². The van der Waals surface area contributed by atoms with E-state index in [0.29, 0.717) is 25.9 Å². The molecule has 0 radical (unpaired) electrons. The van der Waals surface area contributed by atoms with Crippen LogP contribution in [0.15, 0.2) is 21.7 Å². The van der Waals surface area contributed by atoms with E-state index in [9.17, 15) is 31.9 Å². The Morgan fingerprint density at radius 1 is 1.18 bits per heavy atom. The summed E-state index contributed by atoms with van der Waals surface area (Å²) in [5, 5.41) is -0.368. The van der Waals surface area contributed by atoms with E-state index < -0.39 is 29.2 Å². The van der Waals surface area contributed by atoms with Crippen molar-refractivity contribution in [3.63, 3.8) is 0 Å². The normalized spacial score (nSPS) is 17.7. The molecule has 0 unspecified atom stereocenters. The second-order valence-electron chi connectivity index (χ2n) is 6.85. The molecule has 1 saturated heterocycles. The lowest BCUT2D eigenvalue weighted by Gasteiger charge is -2.39. The summed E-state index contributed by atoms with van der Waals surface area (Å²) in [6.07, 6.45) is -4.32. The molecule has 1 aromatic carbocycles. The lowest BCUT2D eigenvalue weighted by molar-refractivity contribution is -0.200. The second-order valence-corrected chi connectivity index (χ2v) is 6.85. The van der Waals surface area contributed by atoms with Gasteiger partial charge in [0.2, 0.25) is 0 Å². The zero-order chi connectivity index (χ0) is 20.4. The van der Waals surface area contributed by atoms with Crippen LogP contribution in [0, 0.1) is 5.82 Å². The predicted molar refractivity (Wildman–Crippen MR) is 88.5 cm³/mol. The number of nitrogens with zero attached hydrogens (tertiary/aromatic N) is 3. The third-order valence-electron chi connectivity index (χ3n) is 4.69. The van der Waals surface area contributed by atoms with Crippen LogP contribution in [0.1, 0.15) is 18.9 Å². The number of hydrogen-bond donors (Lipinski definition) is 1. The molecule has 0 spiro atoms. The Kier molecular flexibility index (Phi) is 4.00. The first-order valence-corrected chi connectivity index (χ1v) is 8.38. The standard InChI is InChI=1S/C16H14F4N4O4/c17-10-3-9-11(4-12(10)22-5-7(21)6-22)23(8-1-2-8)15(27)24(13(9)25)28-14(26)16(18,19)20/h3-4,7-8H,1-2,5-6,21H2. The van der Waals surface area contributed by atoms with Crippen LogP contribution in [0.2, 0.25) is 0 Å². The minimum absolute atomic E-state index is 0.0636. The molecular formula is C16H14F4N4O4. The lowest BCUT2D eigenvalue weighted by Crippen LogP contribution is -2.56. The van der Waals surface area contributed by atoms with Crippen LogP contribution in [0.25, 0.3) is 10.9 Å². The zero-order valence-electron chi connectivity index (χ0n) is 14.2. The number of carbonyl (C=O) groups is 1. The van der Waals surface area contributed by atoms with E-state index in [1.54, 1.807) is 4.90 Å². The molecule has 0 amide bonds. The molecule has 1 aliphatic carbocycles. The number of hydrogen-bond acceptors (Lipinski definition) is 6. The van der Waals surface area contributed by atoms with Gasteiger partial charge in [0.05, 0.1) is 16.6 Å². The van der Waals surface area contributed by atoms with Crippen LogP contribution in [0.4, 0.5) is 23.2 Å². The minimum atomic E-state index is -5.41. The van der Waals surface area contributed by atoms with Gasteiger partial charge in [0.15, 0.2) is 0 Å². The van der Waals surface area contributed by atoms with Gasteiger partial charge in [-0.05, 0) is 25.0 Å². The molecule has 1 saturated carbocycles. The van der Waals surface area contributed by atoms with Crippen LogP contribution in [0.3, 0.4) is 0 Å². The Morgan fingerprint density at radius 2 is 1.82 bits per heavy atom. The summed E-state index contributed by atoms with van der Waals surface area (Å²) in [6.45, 7) is 0.771. The van der Waals surface area contributed by atoms with Gasteiger partial charge in [0.25, 0.3) is 5.56 Å². The smallest absolute Gasteiger partial charge is 0.366 e. The fourth-order valence-electron chi connectivity index (χ4n) is 3.17. The van der Waals surface area contributed by atoms with E-state index in [0.717, 1.165) is 10.6 Å². The summed E-state index contributed by atoms with van der Waals surface area (Å²) in [6, 6.07) is 1.61. The summed E-state index contributed by atoms with van der Waals surface area (Å²) in [5.41, 5.74) is 3.32. The number of nitrogens with two attached hydrogens (primary N) is 1. The Labute approximate surface area is 153 Å². The number of benzene rings is 1. The zero-order valence-corrected chi connectivity index (χ0v) is 14.2. The van der Waals surface area contributed by atoms with Gasteiger partial charge in [-0.3, -0.25) is 9.36 Å². The number of fused-ring (bicyclic) bond motifs is 1. The van der Waals surface area contributed by atoms with Crippen molar-refractivity contribution in [3.8, 4) is 0 Å². The van der Waals surface area contributed by atoms with Crippen molar-refractivity contribution in [1.29, 1.82) is 0 Å². The Bertz CT molecular complexity index is 1100. The van der Waals surface area contributed by atoms with E-state index in [2.05, 4.69) is 4.84 Å². The highest BCUT2D eigenvalue weighted by atomic mass is 19.4. The Hall–Kier alpha value is -2.89. The third kappa shape index (κ3) is 2.93. The monoisotopic (exact) mass is 402 g/mol. The van der Waals surface area contributed by atoms with Crippen molar-refractivity contribution in [1.82, 2.24) is 9.30 Å². The van der Waals surface area contributed by atoms with Crippen LogP contribution in [-0.4, -0.2) is 40.6 Å². The summed E-state index contributed by atoms with van der Waals surface area (Å²) in [4.78, 5) is 41.8. The largest absolute Gasteiger partial charge is 0.493 e. The van der Waals surface area contributed by atoms with E-state index >= 15 is 0 Å². The summed E-state index contributed by atoms with van der Waals surface area (Å²) in [7, 11) is 0. The quantitative estimate of drug-likeness (QED) is 0.742. The molecule has 1 aliphatic heterocycles. The molecule has 28 heavy (non-hydrogen) atoms. The predicted octanol–water partition coefficient (Wildman–Crippen LogP) is 0.302. The van der Waals surface area contributed by atoms with Gasteiger partial charge < -0.3 is 15.5 Å². The van der Waals surface area contributed by atoms with Gasteiger partial charge in [-0.1, -0.05) is 4.73 Å². The molecule has 2 N–H and O–H groups in total. The highest BCUT2D eigenvalue weighted by molar-refractivity contribution is 5.83. The number of anilines is 1. The Morgan fingerprint density at radius 3 is 2.36 bits per heavy atom. The van der Waals surface area contributed by atoms with Gasteiger partial charge in [-0.15, -0.1) is 0 Å². The van der Waals surface area contributed by atoms with Gasteiger partial charge in [0, 0.05) is 25.2 Å². The molecule has 8 nitrogen and oxygen atoms in total. The highest BCUT2D eigenvalue weighted by Crippen LogP contribution is 2.36. The van der Waals surface area contributed by atoms with E-state index in [1.807, 2.05) is 0 Å². The fraction of sp³-hybridized carbons (Fsp3) is 0.438. The van der Waals surface area contributed by atoms with Gasteiger partial charge >= 0.3 is 17.8 Å². The Balaban J connectivity index is 1.92. The van der Waals surface area contributed by atoms with E-state index in [1.165, 1.54) is 6.07 Å². The third-order valence-corrected chi connectivity index (χ3v) is 4.69. The molecule has 12 heteroatoms. The number of carbonyl (C=O) groups excluding carboxylic acids is 1. The summed E-state index contributed by atoms with van der Waals surface area (Å²) >= 11 is 0. The first kappa shape index (κ1) is 18.5. The lowest BCUT2D eigenvalue weighted by atomic mass is 10.1. The number of halogens is 4. The number of aromatic nitrogens is 2. The van der Waals surface area contributed by atoms with Crippen molar-refractivity contribution < 1.29 is 27.2 Å². The van der Waals surface area contributed by atoms with Crippen molar-refractivity contribution in [3.05, 3.63) is 38.8 Å². The summed E-state index contributed by atoms with van der Waals surface area (Å²) in [5.74, 6) is -3.52. The van der Waals surface area contributed by atoms with E-state index in [4.69, 9.17) is 5.73 Å². The number of alkyl halides is 3. The minimum Gasteiger partial charge on any atom is -0.366 e. The average Bonchev–Trinajstić information content (AvgIpc) is 3.40. The van der Waals surface area contributed by atoms with Crippen LogP contribution in [0.5, 0.6) is 0 Å². The maximum Gasteiger partial charge on any atom is 0.493 e. The SMILES string of the molecule is NC1CN(c2cc3c(cc2F)c(=O)n(OC(=O)C(F)(F)F)c(=O)n3C2CC2)C1. The van der Waals surface area contributed by atoms with Gasteiger partial charge in [0.1, 0.15) is 5.82 Å². The first-order valence-electron chi connectivity index (χ1n) is 8.38. The average molecular weight is 402 g/mol. The molecule has 2 heterocycles. The van der Waals surface area contributed by atoms with Gasteiger partial charge in [-0.25, -0.2) is 14.0 Å². The maximum atomic E-state index is 14.5. The maximum absolute atomic E-state index is 14.5. The fourth-order valence-corrected chi connectivity index (χ4v) is 3.17. The van der Waals surface area contributed by atoms with Crippen molar-refractivity contribution in [2.75, 3.05) is 18.0 Å². The molecule has 2 fully saturated rings. The molecule has 150 valence electrons. The molecule has 2 aliphatic rings. The molecule has 4 rings (SSSR count). The topological polar surface area (TPSA) is 99.6 Å². The molecule has 0 atom stereocenters. The molecular weight excluding hydrogens is 388 g/mol. The number of rotatable bonds is 3. The van der Waals surface area contributed by atoms with E-state index in [-0.39, 0.29) is 33.4 Å². The first-order chi connectivity index (χ1) is 13.1. The van der Waals surface area contributed by atoms with Crippen LogP contribution >= 0.6 is 0 Å². The molecule has 2 aromatic rings. The van der Waals surface area contributed by atoms with Crippen molar-refractivity contribution >= 4 is 22.6 Å². The van der Waals surface area contributed by atoms with Crippen molar-refractivity contribution in [2.24, 2.45) is 5.73 Å². The van der Waals surface area contributed by atoms with Crippen LogP contribution in [-0.2, 0) is 4.79 Å². The molecule has 0 bridgehead atoms. The highest BCUT2D eigenvalue weighted by Gasteiger charge is 2.43. The summed E-state index contributed by atoms with van der Waals surface area (Å²) < 4.78 is 52.8. The van der Waals surface area contributed by atoms with Crippen LogP contribution < -0.4 is 26.7 Å². The van der Waals surface area contributed by atoms with Crippen molar-refractivity contribution in [2.45, 2.75) is 31.1 Å². The second kappa shape index (κ2) is 6.06.